The molecule has 4 rings (SSSR count). The van der Waals surface area contributed by atoms with Crippen molar-refractivity contribution in [2.75, 3.05) is 19.1 Å². The number of nitrogens with one attached hydrogen (secondary N) is 1. The van der Waals surface area contributed by atoms with Crippen LogP contribution in [0.3, 0.4) is 0 Å². The first-order valence-electron chi connectivity index (χ1n) is 11.8. The van der Waals surface area contributed by atoms with E-state index in [0.29, 0.717) is 33.6 Å². The molecule has 3 aromatic rings. The maximum atomic E-state index is 13.5. The molecule has 1 unspecified atom stereocenters. The Morgan fingerprint density at radius 3 is 2.47 bits per heavy atom. The van der Waals surface area contributed by atoms with Crippen molar-refractivity contribution in [3.8, 4) is 22.9 Å². The summed E-state index contributed by atoms with van der Waals surface area (Å²) < 4.78 is 10.6. The lowest BCUT2D eigenvalue weighted by molar-refractivity contribution is -0.127. The second-order valence-electron chi connectivity index (χ2n) is 8.62. The van der Waals surface area contributed by atoms with Crippen LogP contribution < -0.4 is 19.7 Å². The smallest absolute Gasteiger partial charge is 0.251 e. The minimum atomic E-state index is -0.742. The van der Waals surface area contributed by atoms with Gasteiger partial charge in [-0.2, -0.15) is 4.80 Å². The standard InChI is InChI=1S/C25H29ClN6O4/c1-16(25(34)27-19-6-4-5-7-19)32(20-11-9-18(26)10-12-20)23(33)15-31-29-24(28-30-31)17-8-13-21(35-2)22(14-17)36-3/h8-14,16,19H,4-7,15H2,1-3H3,(H,27,34). The SMILES string of the molecule is COc1ccc(-c2nnn(CC(=O)N(c3ccc(Cl)cc3)C(C)C(=O)NC3CCCC3)n2)cc1OC. The highest BCUT2D eigenvalue weighted by Crippen LogP contribution is 2.30. The molecule has 0 radical (unpaired) electrons. The van der Waals surface area contributed by atoms with Gasteiger partial charge in [-0.25, -0.2) is 0 Å². The van der Waals surface area contributed by atoms with Gasteiger partial charge in [0.15, 0.2) is 11.5 Å². The topological polar surface area (TPSA) is 111 Å². The molecule has 1 aliphatic carbocycles. The van der Waals surface area contributed by atoms with Crippen molar-refractivity contribution in [2.45, 2.75) is 51.2 Å². The third-order valence-electron chi connectivity index (χ3n) is 6.21. The van der Waals surface area contributed by atoms with E-state index in [-0.39, 0.29) is 24.4 Å². The molecular formula is C25H29ClN6O4. The molecule has 1 aliphatic rings. The van der Waals surface area contributed by atoms with Crippen LogP contribution in [0.2, 0.25) is 5.02 Å². The number of anilines is 1. The number of hydrogen-bond donors (Lipinski definition) is 1. The van der Waals surface area contributed by atoms with E-state index in [1.54, 1.807) is 63.6 Å². The van der Waals surface area contributed by atoms with Gasteiger partial charge in [-0.1, -0.05) is 24.4 Å². The van der Waals surface area contributed by atoms with Crippen molar-refractivity contribution < 1.29 is 19.1 Å². The van der Waals surface area contributed by atoms with E-state index in [1.165, 1.54) is 9.70 Å². The molecule has 0 bridgehead atoms. The van der Waals surface area contributed by atoms with E-state index in [1.807, 2.05) is 0 Å². The summed E-state index contributed by atoms with van der Waals surface area (Å²) in [5.41, 5.74) is 1.21. The number of methoxy groups -OCH3 is 2. The van der Waals surface area contributed by atoms with Gasteiger partial charge in [0.25, 0.3) is 5.91 Å². The van der Waals surface area contributed by atoms with Crippen molar-refractivity contribution in [2.24, 2.45) is 0 Å². The normalized spacial score (nSPS) is 14.3. The Morgan fingerprint density at radius 2 is 1.81 bits per heavy atom. The van der Waals surface area contributed by atoms with Gasteiger partial charge in [0, 0.05) is 22.3 Å². The summed E-state index contributed by atoms with van der Waals surface area (Å²) in [5.74, 6) is 0.866. The Kier molecular flexibility index (Phi) is 8.04. The van der Waals surface area contributed by atoms with E-state index in [4.69, 9.17) is 21.1 Å². The van der Waals surface area contributed by atoms with E-state index in [2.05, 4.69) is 20.7 Å². The van der Waals surface area contributed by atoms with Gasteiger partial charge in [0.2, 0.25) is 11.7 Å². The van der Waals surface area contributed by atoms with Crippen LogP contribution in [0.5, 0.6) is 11.5 Å². The highest BCUT2D eigenvalue weighted by molar-refractivity contribution is 6.30. The van der Waals surface area contributed by atoms with Crippen LogP contribution in [-0.4, -0.2) is 58.3 Å². The number of carbonyl (C=O) groups is 2. The lowest BCUT2D eigenvalue weighted by atomic mass is 10.1. The number of carbonyl (C=O) groups excluding carboxylic acids is 2. The average Bonchev–Trinajstić information content (AvgIpc) is 3.57. The van der Waals surface area contributed by atoms with Crippen LogP contribution in [0.4, 0.5) is 5.69 Å². The van der Waals surface area contributed by atoms with Crippen molar-refractivity contribution in [1.29, 1.82) is 0 Å². The van der Waals surface area contributed by atoms with E-state index in [9.17, 15) is 9.59 Å². The van der Waals surface area contributed by atoms with Crippen molar-refractivity contribution in [3.63, 3.8) is 0 Å². The van der Waals surface area contributed by atoms with Gasteiger partial charge < -0.3 is 14.8 Å². The first kappa shape index (κ1) is 25.4. The summed E-state index contributed by atoms with van der Waals surface area (Å²) in [6.07, 6.45) is 4.10. The largest absolute Gasteiger partial charge is 0.493 e. The average molecular weight is 513 g/mol. The maximum absolute atomic E-state index is 13.5. The van der Waals surface area contributed by atoms with Gasteiger partial charge in [-0.05, 0) is 67.4 Å². The molecule has 10 nitrogen and oxygen atoms in total. The first-order chi connectivity index (χ1) is 17.4. The molecule has 1 atom stereocenters. The van der Waals surface area contributed by atoms with Crippen molar-refractivity contribution in [3.05, 3.63) is 47.5 Å². The molecule has 0 aliphatic heterocycles. The van der Waals surface area contributed by atoms with Crippen LogP contribution in [0.15, 0.2) is 42.5 Å². The predicted molar refractivity (Wildman–Crippen MR) is 135 cm³/mol. The lowest BCUT2D eigenvalue weighted by Gasteiger charge is -2.29. The Bertz CT molecular complexity index is 1210. The number of benzene rings is 2. The minimum absolute atomic E-state index is 0.142. The fourth-order valence-corrected chi connectivity index (χ4v) is 4.42. The highest BCUT2D eigenvalue weighted by Gasteiger charge is 2.30. The number of rotatable bonds is 9. The molecule has 2 aromatic carbocycles. The zero-order valence-electron chi connectivity index (χ0n) is 20.5. The molecule has 1 aromatic heterocycles. The van der Waals surface area contributed by atoms with Crippen LogP contribution in [0.25, 0.3) is 11.4 Å². The number of aromatic nitrogens is 4. The first-order valence-corrected chi connectivity index (χ1v) is 12.2. The molecule has 0 spiro atoms. The molecule has 11 heteroatoms. The minimum Gasteiger partial charge on any atom is -0.493 e. The summed E-state index contributed by atoms with van der Waals surface area (Å²) in [5, 5.41) is 16.1. The summed E-state index contributed by atoms with van der Waals surface area (Å²) in [7, 11) is 3.10. The Morgan fingerprint density at radius 1 is 1.11 bits per heavy atom. The summed E-state index contributed by atoms with van der Waals surface area (Å²) in [6, 6.07) is 11.4. The molecule has 1 heterocycles. The number of amides is 2. The molecule has 0 saturated heterocycles. The molecule has 2 amide bonds. The number of nitrogens with zero attached hydrogens (tertiary/aromatic N) is 5. The molecule has 1 N–H and O–H groups in total. The maximum Gasteiger partial charge on any atom is 0.251 e. The van der Waals surface area contributed by atoms with Crippen LogP contribution >= 0.6 is 11.6 Å². The van der Waals surface area contributed by atoms with Gasteiger partial charge in [0.1, 0.15) is 12.6 Å². The third-order valence-corrected chi connectivity index (χ3v) is 6.47. The second-order valence-corrected chi connectivity index (χ2v) is 9.06. The molecule has 36 heavy (non-hydrogen) atoms. The van der Waals surface area contributed by atoms with Crippen LogP contribution in [-0.2, 0) is 16.1 Å². The quantitative estimate of drug-likeness (QED) is 0.467. The number of hydrogen-bond acceptors (Lipinski definition) is 7. The van der Waals surface area contributed by atoms with Gasteiger partial charge in [-0.15, -0.1) is 10.2 Å². The summed E-state index contributed by atoms with van der Waals surface area (Å²) in [6.45, 7) is 1.50. The Labute approximate surface area is 214 Å². The zero-order valence-corrected chi connectivity index (χ0v) is 21.2. The zero-order chi connectivity index (χ0) is 25.7. The third kappa shape index (κ3) is 5.76. The second kappa shape index (κ2) is 11.4. The number of ether oxygens (including phenoxy) is 2. The van der Waals surface area contributed by atoms with Gasteiger partial charge in [0.05, 0.1) is 14.2 Å². The van der Waals surface area contributed by atoms with E-state index < -0.39 is 6.04 Å². The Balaban J connectivity index is 1.54. The molecule has 1 fully saturated rings. The summed E-state index contributed by atoms with van der Waals surface area (Å²) >= 11 is 6.05. The van der Waals surface area contributed by atoms with E-state index >= 15 is 0 Å². The molecule has 190 valence electrons. The highest BCUT2D eigenvalue weighted by atomic mass is 35.5. The van der Waals surface area contributed by atoms with Crippen LogP contribution in [0.1, 0.15) is 32.6 Å². The van der Waals surface area contributed by atoms with Gasteiger partial charge in [-0.3, -0.25) is 14.5 Å². The molecular weight excluding hydrogens is 484 g/mol. The molecule has 1 saturated carbocycles. The Hall–Kier alpha value is -3.66. The monoisotopic (exact) mass is 512 g/mol. The fourth-order valence-electron chi connectivity index (χ4n) is 4.29. The fraction of sp³-hybridized carbons (Fsp3) is 0.400. The van der Waals surface area contributed by atoms with E-state index in [0.717, 1.165) is 25.7 Å². The van der Waals surface area contributed by atoms with Gasteiger partial charge >= 0.3 is 0 Å². The predicted octanol–water partition coefficient (Wildman–Crippen LogP) is 3.49. The van der Waals surface area contributed by atoms with Crippen molar-refractivity contribution in [1.82, 2.24) is 25.5 Å². The van der Waals surface area contributed by atoms with Crippen LogP contribution in [0, 0.1) is 0 Å². The summed E-state index contributed by atoms with van der Waals surface area (Å²) in [4.78, 5) is 29.1. The number of tetrazole rings is 1. The number of halogens is 1. The van der Waals surface area contributed by atoms with Crippen molar-refractivity contribution >= 4 is 29.1 Å². The lowest BCUT2D eigenvalue weighted by Crippen LogP contribution is -2.51.